The number of halogens is 1. The summed E-state index contributed by atoms with van der Waals surface area (Å²) in [7, 11) is 0. The molecule has 27 heavy (non-hydrogen) atoms. The van der Waals surface area contributed by atoms with Crippen LogP contribution in [0.25, 0.3) is 0 Å². The molecule has 2 aromatic carbocycles. The Bertz CT molecular complexity index is 790. The summed E-state index contributed by atoms with van der Waals surface area (Å²) < 4.78 is 6.02. The van der Waals surface area contributed by atoms with Crippen LogP contribution in [0.15, 0.2) is 59.1 Å². The molecule has 0 bridgehead atoms. The summed E-state index contributed by atoms with van der Waals surface area (Å²) >= 11 is 3.31. The van der Waals surface area contributed by atoms with Crippen LogP contribution < -0.4 is 5.32 Å². The highest BCUT2D eigenvalue weighted by Gasteiger charge is 2.20. The van der Waals surface area contributed by atoms with Crippen LogP contribution >= 0.6 is 15.9 Å². The van der Waals surface area contributed by atoms with Crippen molar-refractivity contribution >= 4 is 33.6 Å². The minimum atomic E-state index is -0.925. The smallest absolute Gasteiger partial charge is 0.307 e. The van der Waals surface area contributed by atoms with Gasteiger partial charge in [0.05, 0.1) is 12.5 Å². The summed E-state index contributed by atoms with van der Waals surface area (Å²) in [5.41, 5.74) is 1.50. The maximum atomic E-state index is 12.2. The number of amides is 1. The maximum absolute atomic E-state index is 12.2. The number of carbonyl (C=O) groups is 3. The Kier molecular flexibility index (Phi) is 7.73. The number of ketones is 1. The lowest BCUT2D eigenvalue weighted by Gasteiger charge is -2.18. The van der Waals surface area contributed by atoms with Gasteiger partial charge in [-0.2, -0.15) is 0 Å². The lowest BCUT2D eigenvalue weighted by Crippen LogP contribution is -2.37. The summed E-state index contributed by atoms with van der Waals surface area (Å²) in [5, 5.41) is 2.81. The summed E-state index contributed by atoms with van der Waals surface area (Å²) in [6, 6.07) is 16.2. The van der Waals surface area contributed by atoms with Crippen molar-refractivity contribution in [1.29, 1.82) is 0 Å². The zero-order valence-electron chi connectivity index (χ0n) is 15.3. The third kappa shape index (κ3) is 6.64. The highest BCUT2D eigenvalue weighted by Crippen LogP contribution is 2.14. The number of Topliss-reactive ketones (excluding diaryl/α,β-unsaturated/α-hetero) is 1. The Hall–Kier alpha value is -2.47. The standard InChI is InChI=1S/C21H22BrNO4/c1-14(16-6-4-3-5-7-16)23-21(26)15(2)27-20(25)13-12-19(24)17-8-10-18(22)11-9-17/h3-11,14-15H,12-13H2,1-2H3,(H,23,26). The van der Waals surface area contributed by atoms with Crippen LogP contribution in [0.2, 0.25) is 0 Å². The zero-order chi connectivity index (χ0) is 19.8. The molecule has 2 unspecified atom stereocenters. The lowest BCUT2D eigenvalue weighted by atomic mass is 10.1. The number of carbonyl (C=O) groups excluding carboxylic acids is 3. The van der Waals surface area contributed by atoms with E-state index in [-0.39, 0.29) is 30.6 Å². The third-order valence-electron chi connectivity index (χ3n) is 4.06. The largest absolute Gasteiger partial charge is 0.453 e. The van der Waals surface area contributed by atoms with Gasteiger partial charge < -0.3 is 10.1 Å². The SMILES string of the molecule is CC(OC(=O)CCC(=O)c1ccc(Br)cc1)C(=O)NC(C)c1ccccc1. The molecule has 0 spiro atoms. The van der Waals surface area contributed by atoms with E-state index in [0.29, 0.717) is 5.56 Å². The van der Waals surface area contributed by atoms with Gasteiger partial charge in [0.1, 0.15) is 0 Å². The van der Waals surface area contributed by atoms with Gasteiger partial charge in [-0.25, -0.2) is 0 Å². The molecule has 1 amide bonds. The minimum absolute atomic E-state index is 0.0369. The summed E-state index contributed by atoms with van der Waals surface area (Å²) in [5.74, 6) is -1.09. The first-order valence-corrected chi connectivity index (χ1v) is 9.49. The van der Waals surface area contributed by atoms with E-state index < -0.39 is 12.1 Å². The lowest BCUT2D eigenvalue weighted by molar-refractivity contribution is -0.155. The van der Waals surface area contributed by atoms with E-state index in [4.69, 9.17) is 4.74 Å². The molecule has 0 saturated carbocycles. The van der Waals surface area contributed by atoms with Crippen molar-refractivity contribution in [3.63, 3.8) is 0 Å². The Morgan fingerprint density at radius 3 is 2.22 bits per heavy atom. The molecular weight excluding hydrogens is 410 g/mol. The van der Waals surface area contributed by atoms with E-state index in [1.54, 1.807) is 24.3 Å². The van der Waals surface area contributed by atoms with Gasteiger partial charge in [-0.05, 0) is 31.5 Å². The van der Waals surface area contributed by atoms with Gasteiger partial charge in [0.25, 0.3) is 5.91 Å². The van der Waals surface area contributed by atoms with Gasteiger partial charge >= 0.3 is 5.97 Å². The van der Waals surface area contributed by atoms with Gasteiger partial charge in [-0.3, -0.25) is 14.4 Å². The average molecular weight is 432 g/mol. The number of benzene rings is 2. The van der Waals surface area contributed by atoms with Gasteiger partial charge in [0.15, 0.2) is 11.9 Å². The van der Waals surface area contributed by atoms with Crippen molar-refractivity contribution in [2.45, 2.75) is 38.8 Å². The highest BCUT2D eigenvalue weighted by atomic mass is 79.9. The fourth-order valence-corrected chi connectivity index (χ4v) is 2.73. The van der Waals surface area contributed by atoms with E-state index >= 15 is 0 Å². The van der Waals surface area contributed by atoms with E-state index in [1.165, 1.54) is 6.92 Å². The molecule has 5 nitrogen and oxygen atoms in total. The van der Waals surface area contributed by atoms with Crippen LogP contribution in [0.3, 0.4) is 0 Å². The van der Waals surface area contributed by atoms with Crippen molar-refractivity contribution in [2.24, 2.45) is 0 Å². The van der Waals surface area contributed by atoms with Gasteiger partial charge in [0.2, 0.25) is 0 Å². The number of hydrogen-bond donors (Lipinski definition) is 1. The first kappa shape index (κ1) is 20.8. The first-order valence-electron chi connectivity index (χ1n) is 8.70. The molecule has 0 aliphatic carbocycles. The third-order valence-corrected chi connectivity index (χ3v) is 4.59. The van der Waals surface area contributed by atoms with Crippen LogP contribution in [0.4, 0.5) is 0 Å². The predicted molar refractivity (Wildman–Crippen MR) is 106 cm³/mol. The molecule has 0 saturated heterocycles. The molecule has 6 heteroatoms. The molecule has 0 radical (unpaired) electrons. The topological polar surface area (TPSA) is 72.5 Å². The number of hydrogen-bond acceptors (Lipinski definition) is 4. The van der Waals surface area contributed by atoms with Crippen LogP contribution in [-0.2, 0) is 14.3 Å². The van der Waals surface area contributed by atoms with Crippen molar-refractivity contribution in [1.82, 2.24) is 5.32 Å². The quantitative estimate of drug-likeness (QED) is 0.501. The molecular formula is C21H22BrNO4. The molecule has 142 valence electrons. The fraction of sp³-hybridized carbons (Fsp3) is 0.286. The van der Waals surface area contributed by atoms with Crippen molar-refractivity contribution < 1.29 is 19.1 Å². The minimum Gasteiger partial charge on any atom is -0.453 e. The van der Waals surface area contributed by atoms with E-state index in [1.807, 2.05) is 37.3 Å². The van der Waals surface area contributed by atoms with Gasteiger partial charge in [-0.1, -0.05) is 58.4 Å². The average Bonchev–Trinajstić information content (AvgIpc) is 2.67. The number of rotatable bonds is 8. The van der Waals surface area contributed by atoms with Crippen molar-refractivity contribution in [2.75, 3.05) is 0 Å². The number of ether oxygens (including phenoxy) is 1. The Labute approximate surface area is 167 Å². The van der Waals surface area contributed by atoms with Crippen LogP contribution in [0.5, 0.6) is 0 Å². The second-order valence-corrected chi connectivity index (χ2v) is 7.12. The fourth-order valence-electron chi connectivity index (χ4n) is 2.46. The summed E-state index contributed by atoms with van der Waals surface area (Å²) in [6.07, 6.45) is -0.956. The molecule has 0 aliphatic rings. The maximum Gasteiger partial charge on any atom is 0.307 e. The zero-order valence-corrected chi connectivity index (χ0v) is 16.9. The van der Waals surface area contributed by atoms with Gasteiger partial charge in [-0.15, -0.1) is 0 Å². The Morgan fingerprint density at radius 1 is 0.963 bits per heavy atom. The van der Waals surface area contributed by atoms with Crippen molar-refractivity contribution in [3.05, 3.63) is 70.2 Å². The highest BCUT2D eigenvalue weighted by molar-refractivity contribution is 9.10. The normalized spacial score (nSPS) is 12.7. The predicted octanol–water partition coefficient (Wildman–Crippen LogP) is 4.22. The summed E-state index contributed by atoms with van der Waals surface area (Å²) in [6.45, 7) is 3.38. The molecule has 2 rings (SSSR count). The van der Waals surface area contributed by atoms with Crippen LogP contribution in [-0.4, -0.2) is 23.8 Å². The molecule has 0 aromatic heterocycles. The van der Waals surface area contributed by atoms with E-state index in [0.717, 1.165) is 10.0 Å². The Morgan fingerprint density at radius 2 is 1.59 bits per heavy atom. The molecule has 1 N–H and O–H groups in total. The number of esters is 1. The second kappa shape index (κ2) is 10.0. The number of nitrogens with one attached hydrogen (secondary N) is 1. The first-order chi connectivity index (χ1) is 12.9. The van der Waals surface area contributed by atoms with E-state index in [2.05, 4.69) is 21.2 Å². The molecule has 0 heterocycles. The molecule has 2 aromatic rings. The molecule has 0 fully saturated rings. The van der Waals surface area contributed by atoms with E-state index in [9.17, 15) is 14.4 Å². The monoisotopic (exact) mass is 431 g/mol. The van der Waals surface area contributed by atoms with Crippen LogP contribution in [0, 0.1) is 0 Å². The van der Waals surface area contributed by atoms with Crippen molar-refractivity contribution in [3.8, 4) is 0 Å². The van der Waals surface area contributed by atoms with Crippen LogP contribution in [0.1, 0.15) is 48.7 Å². The van der Waals surface area contributed by atoms with Gasteiger partial charge in [0, 0.05) is 16.5 Å². The molecule has 0 aliphatic heterocycles. The Balaban J connectivity index is 1.78. The molecule has 2 atom stereocenters. The second-order valence-electron chi connectivity index (χ2n) is 6.20. The summed E-state index contributed by atoms with van der Waals surface area (Å²) in [4.78, 5) is 36.2.